The average molecular weight is 218 g/mol. The first-order valence-electron chi connectivity index (χ1n) is 5.84. The third kappa shape index (κ3) is 3.57. The topological polar surface area (TPSA) is 41.1 Å². The van der Waals surface area contributed by atoms with E-state index in [1.165, 1.54) is 11.1 Å². The van der Waals surface area contributed by atoms with Gasteiger partial charge in [0.2, 0.25) is 0 Å². The first kappa shape index (κ1) is 11.0. The molecule has 1 aromatic carbocycles. The van der Waals surface area contributed by atoms with Crippen molar-refractivity contribution < 1.29 is 4.79 Å². The van der Waals surface area contributed by atoms with Gasteiger partial charge >= 0.3 is 6.03 Å². The monoisotopic (exact) mass is 218 g/mol. The molecule has 0 atom stereocenters. The molecule has 1 saturated carbocycles. The number of hydrogen-bond donors (Lipinski definition) is 2. The lowest BCUT2D eigenvalue weighted by Crippen LogP contribution is -2.37. The van der Waals surface area contributed by atoms with Crippen molar-refractivity contribution in [1.29, 1.82) is 0 Å². The van der Waals surface area contributed by atoms with Crippen LogP contribution in [0.3, 0.4) is 0 Å². The van der Waals surface area contributed by atoms with Gasteiger partial charge in [-0.2, -0.15) is 0 Å². The minimum Gasteiger partial charge on any atom is -0.338 e. The Morgan fingerprint density at radius 2 is 2.25 bits per heavy atom. The Bertz CT molecular complexity index is 372. The molecule has 2 amide bonds. The Morgan fingerprint density at radius 3 is 2.94 bits per heavy atom. The van der Waals surface area contributed by atoms with E-state index in [0.717, 1.165) is 19.3 Å². The zero-order valence-corrected chi connectivity index (χ0v) is 9.62. The number of carbonyl (C=O) groups is 1. The van der Waals surface area contributed by atoms with E-state index in [1.807, 2.05) is 0 Å². The van der Waals surface area contributed by atoms with E-state index < -0.39 is 0 Å². The van der Waals surface area contributed by atoms with Crippen molar-refractivity contribution in [3.63, 3.8) is 0 Å². The SMILES string of the molecule is Cc1cccc(CCNC(=O)NC2CC2)c1. The fraction of sp³-hybridized carbons (Fsp3) is 0.462. The molecule has 3 heteroatoms. The third-order valence-electron chi connectivity index (χ3n) is 2.69. The average Bonchev–Trinajstić information content (AvgIpc) is 3.02. The minimum absolute atomic E-state index is 0.0323. The van der Waals surface area contributed by atoms with E-state index in [1.54, 1.807) is 0 Å². The van der Waals surface area contributed by atoms with Crippen molar-refractivity contribution in [3.05, 3.63) is 35.4 Å². The van der Waals surface area contributed by atoms with E-state index in [2.05, 4.69) is 41.8 Å². The van der Waals surface area contributed by atoms with Crippen molar-refractivity contribution in [2.75, 3.05) is 6.54 Å². The maximum atomic E-state index is 11.3. The normalized spacial score (nSPS) is 14.6. The number of hydrogen-bond acceptors (Lipinski definition) is 1. The van der Waals surface area contributed by atoms with E-state index in [0.29, 0.717) is 12.6 Å². The molecule has 3 nitrogen and oxygen atoms in total. The molecule has 1 aromatic rings. The quantitative estimate of drug-likeness (QED) is 0.797. The van der Waals surface area contributed by atoms with Crippen LogP contribution in [-0.4, -0.2) is 18.6 Å². The molecule has 2 rings (SSSR count). The van der Waals surface area contributed by atoms with Gasteiger partial charge in [-0.15, -0.1) is 0 Å². The number of benzene rings is 1. The van der Waals surface area contributed by atoms with Crippen LogP contribution in [-0.2, 0) is 6.42 Å². The molecule has 16 heavy (non-hydrogen) atoms. The van der Waals surface area contributed by atoms with Crippen LogP contribution in [0.2, 0.25) is 0 Å². The molecule has 1 fully saturated rings. The Kier molecular flexibility index (Phi) is 3.44. The van der Waals surface area contributed by atoms with Gasteiger partial charge in [0.15, 0.2) is 0 Å². The Morgan fingerprint density at radius 1 is 1.44 bits per heavy atom. The maximum absolute atomic E-state index is 11.3. The lowest BCUT2D eigenvalue weighted by Gasteiger charge is -2.06. The molecular weight excluding hydrogens is 200 g/mol. The molecule has 0 bridgehead atoms. The van der Waals surface area contributed by atoms with E-state index >= 15 is 0 Å². The van der Waals surface area contributed by atoms with Crippen LogP contribution >= 0.6 is 0 Å². The van der Waals surface area contributed by atoms with Gasteiger partial charge in [-0.25, -0.2) is 4.79 Å². The van der Waals surface area contributed by atoms with Crippen LogP contribution < -0.4 is 10.6 Å². The lowest BCUT2D eigenvalue weighted by atomic mass is 10.1. The van der Waals surface area contributed by atoms with Crippen LogP contribution in [0.15, 0.2) is 24.3 Å². The molecular formula is C13H18N2O. The van der Waals surface area contributed by atoms with Crippen LogP contribution in [0.25, 0.3) is 0 Å². The van der Waals surface area contributed by atoms with Gasteiger partial charge < -0.3 is 10.6 Å². The molecule has 0 radical (unpaired) electrons. The summed E-state index contributed by atoms with van der Waals surface area (Å²) in [6.07, 6.45) is 3.15. The highest BCUT2D eigenvalue weighted by atomic mass is 16.2. The molecule has 0 spiro atoms. The highest BCUT2D eigenvalue weighted by molar-refractivity contribution is 5.74. The number of carbonyl (C=O) groups excluding carboxylic acids is 1. The van der Waals surface area contributed by atoms with Gasteiger partial charge in [0.25, 0.3) is 0 Å². The van der Waals surface area contributed by atoms with Gasteiger partial charge in [0.1, 0.15) is 0 Å². The van der Waals surface area contributed by atoms with Gasteiger partial charge in [0.05, 0.1) is 0 Å². The van der Waals surface area contributed by atoms with Crippen molar-refractivity contribution in [2.45, 2.75) is 32.2 Å². The molecule has 0 aromatic heterocycles. The zero-order chi connectivity index (χ0) is 11.4. The summed E-state index contributed by atoms with van der Waals surface area (Å²) in [5.74, 6) is 0. The van der Waals surface area contributed by atoms with Crippen molar-refractivity contribution in [2.24, 2.45) is 0 Å². The van der Waals surface area contributed by atoms with E-state index in [-0.39, 0.29) is 6.03 Å². The fourth-order valence-corrected chi connectivity index (χ4v) is 1.65. The summed E-state index contributed by atoms with van der Waals surface area (Å²) < 4.78 is 0. The number of aryl methyl sites for hydroxylation is 1. The number of amides is 2. The van der Waals surface area contributed by atoms with E-state index in [9.17, 15) is 4.79 Å². The predicted octanol–water partition coefficient (Wildman–Crippen LogP) is 2.00. The molecule has 1 aliphatic carbocycles. The molecule has 0 saturated heterocycles. The Hall–Kier alpha value is -1.51. The number of rotatable bonds is 4. The molecule has 0 unspecified atom stereocenters. The smallest absolute Gasteiger partial charge is 0.315 e. The molecule has 0 heterocycles. The van der Waals surface area contributed by atoms with Crippen LogP contribution in [0.1, 0.15) is 24.0 Å². The summed E-state index contributed by atoms with van der Waals surface area (Å²) in [5.41, 5.74) is 2.53. The molecule has 86 valence electrons. The highest BCUT2D eigenvalue weighted by Gasteiger charge is 2.22. The maximum Gasteiger partial charge on any atom is 0.315 e. The third-order valence-corrected chi connectivity index (χ3v) is 2.69. The summed E-state index contributed by atoms with van der Waals surface area (Å²) in [4.78, 5) is 11.3. The summed E-state index contributed by atoms with van der Waals surface area (Å²) in [6, 6.07) is 8.77. The second-order valence-corrected chi connectivity index (χ2v) is 4.41. The van der Waals surface area contributed by atoms with Crippen molar-refractivity contribution >= 4 is 6.03 Å². The molecule has 1 aliphatic rings. The fourth-order valence-electron chi connectivity index (χ4n) is 1.65. The Labute approximate surface area is 96.2 Å². The highest BCUT2D eigenvalue weighted by Crippen LogP contribution is 2.18. The van der Waals surface area contributed by atoms with Gasteiger partial charge in [-0.3, -0.25) is 0 Å². The second kappa shape index (κ2) is 5.01. The lowest BCUT2D eigenvalue weighted by molar-refractivity contribution is 0.240. The Balaban J connectivity index is 1.68. The molecule has 2 N–H and O–H groups in total. The number of urea groups is 1. The van der Waals surface area contributed by atoms with Crippen LogP contribution in [0.4, 0.5) is 4.79 Å². The summed E-state index contributed by atoms with van der Waals surface area (Å²) in [5, 5.41) is 5.77. The summed E-state index contributed by atoms with van der Waals surface area (Å²) >= 11 is 0. The van der Waals surface area contributed by atoms with Crippen LogP contribution in [0, 0.1) is 6.92 Å². The van der Waals surface area contributed by atoms with Gasteiger partial charge in [-0.1, -0.05) is 29.8 Å². The minimum atomic E-state index is -0.0323. The van der Waals surface area contributed by atoms with Gasteiger partial charge in [-0.05, 0) is 31.7 Å². The first-order valence-corrected chi connectivity index (χ1v) is 5.84. The second-order valence-electron chi connectivity index (χ2n) is 4.41. The largest absolute Gasteiger partial charge is 0.338 e. The van der Waals surface area contributed by atoms with E-state index in [4.69, 9.17) is 0 Å². The summed E-state index contributed by atoms with van der Waals surface area (Å²) in [7, 11) is 0. The number of nitrogens with one attached hydrogen (secondary N) is 2. The van der Waals surface area contributed by atoms with Crippen molar-refractivity contribution in [1.82, 2.24) is 10.6 Å². The van der Waals surface area contributed by atoms with Crippen molar-refractivity contribution in [3.8, 4) is 0 Å². The first-order chi connectivity index (χ1) is 7.74. The summed E-state index contributed by atoms with van der Waals surface area (Å²) in [6.45, 7) is 2.78. The van der Waals surface area contributed by atoms with Crippen LogP contribution in [0.5, 0.6) is 0 Å². The zero-order valence-electron chi connectivity index (χ0n) is 9.62. The van der Waals surface area contributed by atoms with Gasteiger partial charge in [0, 0.05) is 12.6 Å². The standard InChI is InChI=1S/C13H18N2O/c1-10-3-2-4-11(9-10)7-8-14-13(16)15-12-5-6-12/h2-4,9,12H,5-8H2,1H3,(H2,14,15,16). The predicted molar refractivity (Wildman–Crippen MR) is 64.4 cm³/mol. The molecule has 0 aliphatic heterocycles.